The number of hydrogen-bond donors (Lipinski definition) is 3. The van der Waals surface area contributed by atoms with Crippen LogP contribution in [0.5, 0.6) is 0 Å². The maximum absolute atomic E-state index is 11.8. The van der Waals surface area contributed by atoms with Gasteiger partial charge in [-0.05, 0) is 25.8 Å². The largest absolute Gasteiger partial charge is 0.481 e. The minimum Gasteiger partial charge on any atom is -0.481 e. The van der Waals surface area contributed by atoms with Gasteiger partial charge in [0.2, 0.25) is 0 Å². The Morgan fingerprint density at radius 3 is 2.53 bits per heavy atom. The number of aromatic nitrogens is 1. The van der Waals surface area contributed by atoms with Crippen LogP contribution in [0.2, 0.25) is 0 Å². The van der Waals surface area contributed by atoms with Crippen LogP contribution in [0.3, 0.4) is 0 Å². The van der Waals surface area contributed by atoms with E-state index in [1.807, 2.05) is 0 Å². The van der Waals surface area contributed by atoms with Gasteiger partial charge >= 0.3 is 5.97 Å². The molecule has 0 saturated heterocycles. The number of amides is 1. The quantitative estimate of drug-likeness (QED) is 0.696. The molecule has 102 valence electrons. The molecule has 0 bridgehead atoms. The Balaban J connectivity index is 1.97. The Hall–Kier alpha value is -2.11. The molecule has 2 rings (SSSR count). The van der Waals surface area contributed by atoms with E-state index in [0.717, 1.165) is 6.42 Å². The van der Waals surface area contributed by atoms with Crippen molar-refractivity contribution in [3.8, 4) is 0 Å². The Bertz CT molecular complexity index is 529. The highest BCUT2D eigenvalue weighted by Crippen LogP contribution is 2.40. The molecule has 0 aliphatic heterocycles. The molecule has 1 aliphatic rings. The van der Waals surface area contributed by atoms with Crippen LogP contribution in [0, 0.1) is 5.41 Å². The highest BCUT2D eigenvalue weighted by Gasteiger charge is 2.44. The molecule has 0 unspecified atom stereocenters. The highest BCUT2D eigenvalue weighted by molar-refractivity contribution is 5.99. The van der Waals surface area contributed by atoms with Crippen LogP contribution in [-0.4, -0.2) is 34.3 Å². The van der Waals surface area contributed by atoms with Crippen LogP contribution >= 0.6 is 0 Å². The van der Waals surface area contributed by atoms with Crippen molar-refractivity contribution in [2.75, 3.05) is 6.54 Å². The summed E-state index contributed by atoms with van der Waals surface area (Å²) in [7, 11) is 0. The highest BCUT2D eigenvalue weighted by atomic mass is 16.4. The van der Waals surface area contributed by atoms with E-state index in [1.165, 1.54) is 19.2 Å². The van der Waals surface area contributed by atoms with Crippen molar-refractivity contribution in [2.24, 2.45) is 5.41 Å². The summed E-state index contributed by atoms with van der Waals surface area (Å²) in [6.45, 7) is 1.54. The smallest absolute Gasteiger partial charge is 0.311 e. The van der Waals surface area contributed by atoms with E-state index >= 15 is 0 Å². The predicted molar refractivity (Wildman–Crippen MR) is 67.1 cm³/mol. The van der Waals surface area contributed by atoms with Gasteiger partial charge in [-0.15, -0.1) is 0 Å². The van der Waals surface area contributed by atoms with Crippen molar-refractivity contribution in [1.29, 1.82) is 0 Å². The molecule has 1 fully saturated rings. The van der Waals surface area contributed by atoms with Crippen molar-refractivity contribution in [1.82, 2.24) is 10.3 Å². The van der Waals surface area contributed by atoms with Crippen LogP contribution < -0.4 is 5.32 Å². The number of rotatable bonds is 5. The summed E-state index contributed by atoms with van der Waals surface area (Å²) in [4.78, 5) is 36.8. The first-order valence-corrected chi connectivity index (χ1v) is 6.15. The van der Waals surface area contributed by atoms with E-state index in [1.54, 1.807) is 0 Å². The Kier molecular flexibility index (Phi) is 3.42. The Labute approximate surface area is 110 Å². The number of hydrogen-bond acceptors (Lipinski definition) is 3. The van der Waals surface area contributed by atoms with E-state index in [4.69, 9.17) is 5.11 Å². The van der Waals surface area contributed by atoms with Gasteiger partial charge in [-0.3, -0.25) is 14.4 Å². The summed E-state index contributed by atoms with van der Waals surface area (Å²) in [5.41, 5.74) is -0.113. The topological polar surface area (TPSA) is 99.3 Å². The average molecular weight is 264 g/mol. The van der Waals surface area contributed by atoms with Gasteiger partial charge in [0.05, 0.1) is 5.41 Å². The molecule has 1 heterocycles. The van der Waals surface area contributed by atoms with Gasteiger partial charge in [-0.1, -0.05) is 6.42 Å². The number of Topliss-reactive ketones (excluding diaryl/α,β-unsaturated/α-hetero) is 1. The minimum absolute atomic E-state index is 0.121. The Morgan fingerprint density at radius 2 is 2.11 bits per heavy atom. The molecule has 1 amide bonds. The number of H-pyrrole nitrogens is 1. The average Bonchev–Trinajstić information content (AvgIpc) is 2.75. The molecule has 1 aliphatic carbocycles. The molecule has 1 saturated carbocycles. The Morgan fingerprint density at radius 1 is 1.42 bits per heavy atom. The number of carbonyl (C=O) groups is 3. The summed E-state index contributed by atoms with van der Waals surface area (Å²) in [5, 5.41) is 11.8. The van der Waals surface area contributed by atoms with Crippen molar-refractivity contribution in [3.63, 3.8) is 0 Å². The van der Waals surface area contributed by atoms with E-state index in [-0.39, 0.29) is 23.9 Å². The third-order valence-corrected chi connectivity index (χ3v) is 3.69. The molecule has 19 heavy (non-hydrogen) atoms. The number of aromatic amines is 1. The SMILES string of the molecule is CC(=O)c1c[nH]c(C(=O)NCC2(C(=O)O)CCC2)c1. The number of aliphatic carboxylic acids is 1. The lowest BCUT2D eigenvalue weighted by Gasteiger charge is -2.37. The van der Waals surface area contributed by atoms with E-state index in [0.29, 0.717) is 18.4 Å². The molecular formula is C13H16N2O4. The van der Waals surface area contributed by atoms with Gasteiger partial charge in [0.15, 0.2) is 5.78 Å². The van der Waals surface area contributed by atoms with Crippen LogP contribution in [0.15, 0.2) is 12.3 Å². The zero-order valence-electron chi connectivity index (χ0n) is 10.7. The molecule has 0 spiro atoms. The van der Waals surface area contributed by atoms with E-state index in [2.05, 4.69) is 10.3 Å². The van der Waals surface area contributed by atoms with Crippen molar-refractivity contribution < 1.29 is 19.5 Å². The van der Waals surface area contributed by atoms with Crippen LogP contribution in [0.4, 0.5) is 0 Å². The normalized spacial score (nSPS) is 16.5. The summed E-state index contributed by atoms with van der Waals surface area (Å²) in [5.74, 6) is -1.38. The molecule has 6 heteroatoms. The number of nitrogens with one attached hydrogen (secondary N) is 2. The van der Waals surface area contributed by atoms with Gasteiger partial charge in [0, 0.05) is 18.3 Å². The summed E-state index contributed by atoms with van der Waals surface area (Å²) < 4.78 is 0. The van der Waals surface area contributed by atoms with Gasteiger partial charge in [0.1, 0.15) is 5.69 Å². The third kappa shape index (κ3) is 2.52. The summed E-state index contributed by atoms with van der Waals surface area (Å²) in [6.07, 6.45) is 3.52. The molecule has 0 radical (unpaired) electrons. The lowest BCUT2D eigenvalue weighted by Crippen LogP contribution is -2.47. The van der Waals surface area contributed by atoms with Gasteiger partial charge in [-0.2, -0.15) is 0 Å². The second kappa shape index (κ2) is 4.87. The zero-order valence-corrected chi connectivity index (χ0v) is 10.7. The van der Waals surface area contributed by atoms with Crippen LogP contribution in [0.25, 0.3) is 0 Å². The number of ketones is 1. The van der Waals surface area contributed by atoms with Gasteiger partial charge in [0.25, 0.3) is 5.91 Å². The minimum atomic E-state index is -0.866. The molecule has 0 aromatic carbocycles. The summed E-state index contributed by atoms with van der Waals surface area (Å²) in [6, 6.07) is 1.46. The maximum Gasteiger partial charge on any atom is 0.311 e. The number of carboxylic acid groups (broad SMARTS) is 1. The standard InChI is InChI=1S/C13H16N2O4/c1-8(16)9-5-10(14-6-9)11(17)15-7-13(12(18)19)3-2-4-13/h5-6,14H,2-4,7H2,1H3,(H,15,17)(H,18,19). The molecule has 0 atom stereocenters. The van der Waals surface area contributed by atoms with E-state index < -0.39 is 11.4 Å². The van der Waals surface area contributed by atoms with Gasteiger partial charge in [-0.25, -0.2) is 0 Å². The predicted octanol–water partition coefficient (Wildman–Crippen LogP) is 1.20. The molecule has 6 nitrogen and oxygen atoms in total. The van der Waals surface area contributed by atoms with Crippen molar-refractivity contribution in [3.05, 3.63) is 23.5 Å². The lowest BCUT2D eigenvalue weighted by molar-refractivity contribution is -0.153. The van der Waals surface area contributed by atoms with Crippen LogP contribution in [0.1, 0.15) is 47.0 Å². The van der Waals surface area contributed by atoms with E-state index in [9.17, 15) is 14.4 Å². The third-order valence-electron chi connectivity index (χ3n) is 3.69. The molecule has 1 aromatic heterocycles. The zero-order chi connectivity index (χ0) is 14.0. The maximum atomic E-state index is 11.8. The monoisotopic (exact) mass is 264 g/mol. The first-order chi connectivity index (χ1) is 8.94. The molecule has 3 N–H and O–H groups in total. The second-order valence-corrected chi connectivity index (χ2v) is 4.98. The van der Waals surface area contributed by atoms with Gasteiger partial charge < -0.3 is 15.4 Å². The second-order valence-electron chi connectivity index (χ2n) is 4.98. The lowest BCUT2D eigenvalue weighted by atomic mass is 9.69. The molecule has 1 aromatic rings. The fraction of sp³-hybridized carbons (Fsp3) is 0.462. The fourth-order valence-electron chi connectivity index (χ4n) is 2.14. The summed E-state index contributed by atoms with van der Waals surface area (Å²) >= 11 is 0. The van der Waals surface area contributed by atoms with Crippen molar-refractivity contribution >= 4 is 17.7 Å². The molecular weight excluding hydrogens is 248 g/mol. The van der Waals surface area contributed by atoms with Crippen LogP contribution in [-0.2, 0) is 4.79 Å². The number of carbonyl (C=O) groups excluding carboxylic acids is 2. The first-order valence-electron chi connectivity index (χ1n) is 6.15. The number of carboxylic acids is 1. The first kappa shape index (κ1) is 13.3. The van der Waals surface area contributed by atoms with Crippen molar-refractivity contribution in [2.45, 2.75) is 26.2 Å². The fourth-order valence-corrected chi connectivity index (χ4v) is 2.14.